The summed E-state index contributed by atoms with van der Waals surface area (Å²) in [4.78, 5) is 10.6. The van der Waals surface area contributed by atoms with Crippen LogP contribution in [0.3, 0.4) is 0 Å². The van der Waals surface area contributed by atoms with Gasteiger partial charge in [0.1, 0.15) is 5.82 Å². The zero-order chi connectivity index (χ0) is 13.8. The van der Waals surface area contributed by atoms with Gasteiger partial charge < -0.3 is 5.73 Å². The minimum absolute atomic E-state index is 0.104. The maximum absolute atomic E-state index is 12.8. The maximum Gasteiger partial charge on any atom is 0.232 e. The Labute approximate surface area is 105 Å². The second-order valence-corrected chi connectivity index (χ2v) is 5.79. The van der Waals surface area contributed by atoms with Crippen molar-refractivity contribution in [3.63, 3.8) is 0 Å². The Hall–Kier alpha value is -1.63. The number of anilines is 1. The Bertz CT molecular complexity index is 514. The smallest absolute Gasteiger partial charge is 0.232 e. The number of primary amides is 1. The van der Waals surface area contributed by atoms with Gasteiger partial charge in [-0.25, -0.2) is 12.8 Å². The number of benzene rings is 1. The molecule has 1 aromatic rings. The average molecular weight is 274 g/mol. The number of amides is 1. The van der Waals surface area contributed by atoms with Gasteiger partial charge in [0.2, 0.25) is 15.9 Å². The molecule has 0 spiro atoms. The van der Waals surface area contributed by atoms with Crippen LogP contribution in [0.15, 0.2) is 24.3 Å². The van der Waals surface area contributed by atoms with E-state index in [1.165, 1.54) is 24.3 Å². The molecule has 1 amide bonds. The lowest BCUT2D eigenvalue weighted by atomic mass is 10.2. The fourth-order valence-corrected chi connectivity index (χ4v) is 2.46. The van der Waals surface area contributed by atoms with E-state index < -0.39 is 21.7 Å². The molecule has 0 heterocycles. The maximum atomic E-state index is 12.8. The summed E-state index contributed by atoms with van der Waals surface area (Å²) in [6, 6.07) is 5.12. The number of nitrogens with zero attached hydrogens (tertiary/aromatic N) is 1. The van der Waals surface area contributed by atoms with Gasteiger partial charge >= 0.3 is 0 Å². The van der Waals surface area contributed by atoms with Crippen molar-refractivity contribution in [3.05, 3.63) is 30.1 Å². The Morgan fingerprint density at radius 3 is 2.33 bits per heavy atom. The summed E-state index contributed by atoms with van der Waals surface area (Å²) in [5.41, 5.74) is 5.35. The molecular formula is C11H15FN2O3S. The van der Waals surface area contributed by atoms with Gasteiger partial charge in [0.25, 0.3) is 0 Å². The van der Waals surface area contributed by atoms with Gasteiger partial charge in [-0.3, -0.25) is 9.10 Å². The number of carbonyl (C=O) groups excluding carboxylic acids is 1. The van der Waals surface area contributed by atoms with Crippen molar-refractivity contribution in [2.24, 2.45) is 5.73 Å². The lowest BCUT2D eigenvalue weighted by Crippen LogP contribution is -2.31. The molecule has 2 N–H and O–H groups in total. The summed E-state index contributed by atoms with van der Waals surface area (Å²) in [6.07, 6.45) is 1.48. The Morgan fingerprint density at radius 2 is 1.89 bits per heavy atom. The lowest BCUT2D eigenvalue weighted by molar-refractivity contribution is -0.118. The van der Waals surface area contributed by atoms with Crippen LogP contribution in [0.5, 0.6) is 0 Å². The van der Waals surface area contributed by atoms with E-state index in [4.69, 9.17) is 5.73 Å². The summed E-state index contributed by atoms with van der Waals surface area (Å²) in [7, 11) is -3.47. The first-order valence-corrected chi connectivity index (χ1v) is 7.17. The molecule has 0 aliphatic heterocycles. The highest BCUT2D eigenvalue weighted by Gasteiger charge is 2.17. The zero-order valence-electron chi connectivity index (χ0n) is 9.97. The normalized spacial score (nSPS) is 11.2. The number of halogens is 1. The lowest BCUT2D eigenvalue weighted by Gasteiger charge is -2.22. The fourth-order valence-electron chi connectivity index (χ4n) is 1.49. The van der Waals surface area contributed by atoms with Gasteiger partial charge in [0.15, 0.2) is 0 Å². The van der Waals surface area contributed by atoms with Crippen molar-refractivity contribution >= 4 is 21.6 Å². The average Bonchev–Trinajstić information content (AvgIpc) is 2.24. The van der Waals surface area contributed by atoms with Gasteiger partial charge in [0.05, 0.1) is 11.9 Å². The molecule has 0 radical (unpaired) electrons. The summed E-state index contributed by atoms with van der Waals surface area (Å²) < 4.78 is 37.1. The van der Waals surface area contributed by atoms with Crippen molar-refractivity contribution in [2.45, 2.75) is 12.8 Å². The highest BCUT2D eigenvalue weighted by atomic mass is 32.2. The quantitative estimate of drug-likeness (QED) is 0.835. The first kappa shape index (κ1) is 14.4. The van der Waals surface area contributed by atoms with Crippen LogP contribution in [0.2, 0.25) is 0 Å². The van der Waals surface area contributed by atoms with E-state index in [1.807, 2.05) is 0 Å². The molecule has 0 saturated heterocycles. The van der Waals surface area contributed by atoms with Crippen molar-refractivity contribution in [3.8, 4) is 0 Å². The molecule has 0 fully saturated rings. The molecule has 0 bridgehead atoms. The van der Waals surface area contributed by atoms with Gasteiger partial charge in [-0.05, 0) is 30.7 Å². The van der Waals surface area contributed by atoms with Crippen molar-refractivity contribution in [1.29, 1.82) is 0 Å². The van der Waals surface area contributed by atoms with Gasteiger partial charge in [0, 0.05) is 13.0 Å². The molecule has 100 valence electrons. The highest BCUT2D eigenvalue weighted by Crippen LogP contribution is 2.18. The first-order valence-electron chi connectivity index (χ1n) is 5.32. The number of carbonyl (C=O) groups is 1. The third kappa shape index (κ3) is 4.33. The molecular weight excluding hydrogens is 259 g/mol. The highest BCUT2D eigenvalue weighted by molar-refractivity contribution is 7.92. The fraction of sp³-hybridized carbons (Fsp3) is 0.364. The number of hydrogen-bond donors (Lipinski definition) is 1. The molecule has 0 unspecified atom stereocenters. The van der Waals surface area contributed by atoms with E-state index in [0.29, 0.717) is 12.1 Å². The van der Waals surface area contributed by atoms with E-state index in [2.05, 4.69) is 0 Å². The van der Waals surface area contributed by atoms with Gasteiger partial charge in [-0.2, -0.15) is 0 Å². The van der Waals surface area contributed by atoms with Crippen LogP contribution < -0.4 is 10.0 Å². The minimum Gasteiger partial charge on any atom is -0.370 e. The molecule has 7 heteroatoms. The van der Waals surface area contributed by atoms with Crippen LogP contribution in [-0.2, 0) is 14.8 Å². The largest absolute Gasteiger partial charge is 0.370 e. The molecule has 1 aromatic carbocycles. The molecule has 0 aromatic heterocycles. The van der Waals surface area contributed by atoms with E-state index in [-0.39, 0.29) is 13.0 Å². The SMILES string of the molecule is CS(=O)(=O)N(CCCC(N)=O)c1ccc(F)cc1. The first-order chi connectivity index (χ1) is 8.30. The second-order valence-electron chi connectivity index (χ2n) is 3.88. The second kappa shape index (κ2) is 5.81. The Morgan fingerprint density at radius 1 is 1.33 bits per heavy atom. The van der Waals surface area contributed by atoms with Crippen molar-refractivity contribution in [1.82, 2.24) is 0 Å². The third-order valence-corrected chi connectivity index (χ3v) is 3.49. The van der Waals surface area contributed by atoms with Gasteiger partial charge in [-0.1, -0.05) is 0 Å². The number of sulfonamides is 1. The number of rotatable bonds is 6. The Kier molecular flexibility index (Phi) is 4.66. The molecule has 0 aliphatic rings. The predicted octanol–water partition coefficient (Wildman–Crippen LogP) is 0.857. The van der Waals surface area contributed by atoms with Crippen molar-refractivity contribution in [2.75, 3.05) is 17.1 Å². The van der Waals surface area contributed by atoms with Gasteiger partial charge in [-0.15, -0.1) is 0 Å². The molecule has 1 rings (SSSR count). The summed E-state index contributed by atoms with van der Waals surface area (Å²) in [5, 5.41) is 0. The summed E-state index contributed by atoms with van der Waals surface area (Å²) >= 11 is 0. The summed E-state index contributed by atoms with van der Waals surface area (Å²) in [6.45, 7) is 0.132. The molecule has 18 heavy (non-hydrogen) atoms. The van der Waals surface area contributed by atoms with Crippen LogP contribution in [0, 0.1) is 5.82 Å². The van der Waals surface area contributed by atoms with Crippen molar-refractivity contribution < 1.29 is 17.6 Å². The van der Waals surface area contributed by atoms with E-state index in [9.17, 15) is 17.6 Å². The van der Waals surface area contributed by atoms with E-state index >= 15 is 0 Å². The van der Waals surface area contributed by atoms with Crippen LogP contribution in [0.25, 0.3) is 0 Å². The van der Waals surface area contributed by atoms with E-state index in [1.54, 1.807) is 0 Å². The molecule has 5 nitrogen and oxygen atoms in total. The number of nitrogens with two attached hydrogens (primary N) is 1. The zero-order valence-corrected chi connectivity index (χ0v) is 10.8. The number of hydrogen-bond acceptors (Lipinski definition) is 3. The van der Waals surface area contributed by atoms with Crippen LogP contribution in [0.1, 0.15) is 12.8 Å². The predicted molar refractivity (Wildman–Crippen MR) is 67.0 cm³/mol. The monoisotopic (exact) mass is 274 g/mol. The third-order valence-electron chi connectivity index (χ3n) is 2.30. The summed E-state index contributed by atoms with van der Waals surface area (Å²) in [5.74, 6) is -0.924. The van der Waals surface area contributed by atoms with Crippen LogP contribution >= 0.6 is 0 Å². The van der Waals surface area contributed by atoms with Crippen LogP contribution in [0.4, 0.5) is 10.1 Å². The topological polar surface area (TPSA) is 80.5 Å². The molecule has 0 saturated carbocycles. The standard InChI is InChI=1S/C11H15FN2O3S/c1-18(16,17)14(8-2-3-11(13)15)10-6-4-9(12)5-7-10/h4-7H,2-3,8H2,1H3,(H2,13,15). The van der Waals surface area contributed by atoms with E-state index in [0.717, 1.165) is 10.6 Å². The molecule has 0 atom stereocenters. The van der Waals surface area contributed by atoms with Crippen LogP contribution in [-0.4, -0.2) is 27.1 Å². The molecule has 0 aliphatic carbocycles. The Balaban J connectivity index is 2.86. The minimum atomic E-state index is -3.47.